The summed E-state index contributed by atoms with van der Waals surface area (Å²) in [6, 6.07) is 18.5. The van der Waals surface area contributed by atoms with Crippen LogP contribution >= 0.6 is 0 Å². The Hall–Kier alpha value is -2.62. The van der Waals surface area contributed by atoms with Gasteiger partial charge in [0.2, 0.25) is 0 Å². The maximum atomic E-state index is 12.8. The van der Waals surface area contributed by atoms with E-state index in [1.54, 1.807) is 0 Å². The summed E-state index contributed by atoms with van der Waals surface area (Å²) in [5.41, 5.74) is 1.68. The molecular formula is C24H29NO7. The molecule has 0 saturated carbocycles. The van der Waals surface area contributed by atoms with Gasteiger partial charge in [0.1, 0.15) is 18.8 Å². The van der Waals surface area contributed by atoms with Crippen LogP contribution in [0.5, 0.6) is 0 Å². The molecule has 0 aliphatic carbocycles. The molecule has 1 amide bonds. The van der Waals surface area contributed by atoms with Crippen LogP contribution in [0.3, 0.4) is 0 Å². The molecule has 3 rings (SSSR count). The van der Waals surface area contributed by atoms with E-state index in [0.717, 1.165) is 11.1 Å². The third-order valence-corrected chi connectivity index (χ3v) is 5.16. The van der Waals surface area contributed by atoms with Gasteiger partial charge in [0, 0.05) is 13.1 Å². The normalized spacial score (nSPS) is 16.9. The van der Waals surface area contributed by atoms with Gasteiger partial charge in [0.05, 0.1) is 26.4 Å². The molecule has 1 saturated heterocycles. The molecule has 32 heavy (non-hydrogen) atoms. The van der Waals surface area contributed by atoms with Gasteiger partial charge < -0.3 is 29.3 Å². The molecule has 0 radical (unpaired) electrons. The molecule has 2 N–H and O–H groups in total. The first kappa shape index (κ1) is 24.0. The maximum absolute atomic E-state index is 12.8. The first-order chi connectivity index (χ1) is 15.6. The van der Waals surface area contributed by atoms with E-state index >= 15 is 0 Å². The summed E-state index contributed by atoms with van der Waals surface area (Å²) in [5, 5.41) is 21.2. The Balaban J connectivity index is 1.63. The quantitative estimate of drug-likeness (QED) is 0.532. The number of aliphatic hydroxyl groups excluding tert-OH is 2. The highest BCUT2D eigenvalue weighted by Crippen LogP contribution is 2.14. The predicted molar refractivity (Wildman–Crippen MR) is 116 cm³/mol. The minimum atomic E-state index is -1.80. The van der Waals surface area contributed by atoms with Crippen molar-refractivity contribution in [1.82, 2.24) is 4.90 Å². The fourth-order valence-corrected chi connectivity index (χ4v) is 3.35. The molecule has 8 heteroatoms. The monoisotopic (exact) mass is 443 g/mol. The number of carbonyl (C=O) groups is 2. The number of benzene rings is 2. The SMILES string of the molecule is O=C(COCc1ccccc1)[C@@H](OCc1ccccc1)[C@H](O)[C@@H](O)C(=O)N1CCOCC1. The number of hydrogen-bond acceptors (Lipinski definition) is 7. The van der Waals surface area contributed by atoms with Gasteiger partial charge >= 0.3 is 0 Å². The average molecular weight is 443 g/mol. The number of nitrogens with zero attached hydrogens (tertiary/aromatic N) is 1. The Labute approximate surface area is 187 Å². The number of morpholine rings is 1. The van der Waals surface area contributed by atoms with Gasteiger partial charge in [-0.15, -0.1) is 0 Å². The molecule has 1 fully saturated rings. The number of aliphatic hydroxyl groups is 2. The summed E-state index contributed by atoms with van der Waals surface area (Å²) in [6.07, 6.45) is -4.96. The molecule has 1 heterocycles. The van der Waals surface area contributed by atoms with E-state index in [1.807, 2.05) is 60.7 Å². The van der Waals surface area contributed by atoms with Crippen molar-refractivity contribution >= 4 is 11.7 Å². The Morgan fingerprint density at radius 3 is 2.06 bits per heavy atom. The van der Waals surface area contributed by atoms with E-state index in [9.17, 15) is 19.8 Å². The molecule has 0 spiro atoms. The smallest absolute Gasteiger partial charge is 0.254 e. The van der Waals surface area contributed by atoms with Crippen LogP contribution in [0.4, 0.5) is 0 Å². The van der Waals surface area contributed by atoms with Gasteiger partial charge in [-0.25, -0.2) is 0 Å². The second kappa shape index (κ2) is 12.4. The lowest BCUT2D eigenvalue weighted by molar-refractivity contribution is -0.165. The molecule has 2 aromatic carbocycles. The third kappa shape index (κ3) is 6.94. The van der Waals surface area contributed by atoms with Gasteiger partial charge in [-0.1, -0.05) is 60.7 Å². The number of ketones is 1. The number of ether oxygens (including phenoxy) is 3. The molecule has 3 atom stereocenters. The van der Waals surface area contributed by atoms with E-state index in [2.05, 4.69) is 0 Å². The lowest BCUT2D eigenvalue weighted by Gasteiger charge is -2.32. The van der Waals surface area contributed by atoms with Crippen molar-refractivity contribution in [2.24, 2.45) is 0 Å². The summed E-state index contributed by atoms with van der Waals surface area (Å²) in [6.45, 7) is 1.25. The topological polar surface area (TPSA) is 106 Å². The zero-order valence-corrected chi connectivity index (χ0v) is 17.8. The largest absolute Gasteiger partial charge is 0.387 e. The summed E-state index contributed by atoms with van der Waals surface area (Å²) < 4.78 is 16.4. The number of rotatable bonds is 11. The summed E-state index contributed by atoms with van der Waals surface area (Å²) >= 11 is 0. The van der Waals surface area contributed by atoms with Crippen molar-refractivity contribution in [3.63, 3.8) is 0 Å². The first-order valence-corrected chi connectivity index (χ1v) is 10.6. The molecule has 1 aliphatic heterocycles. The second-order valence-corrected chi connectivity index (χ2v) is 7.54. The van der Waals surface area contributed by atoms with Crippen molar-refractivity contribution in [1.29, 1.82) is 0 Å². The highest BCUT2D eigenvalue weighted by Gasteiger charge is 2.38. The molecule has 8 nitrogen and oxygen atoms in total. The minimum Gasteiger partial charge on any atom is -0.387 e. The summed E-state index contributed by atoms with van der Waals surface area (Å²) in [5.74, 6) is -1.22. The maximum Gasteiger partial charge on any atom is 0.254 e. The molecule has 172 valence electrons. The van der Waals surface area contributed by atoms with Gasteiger partial charge in [0.15, 0.2) is 11.9 Å². The van der Waals surface area contributed by atoms with Crippen molar-refractivity contribution in [3.8, 4) is 0 Å². The Morgan fingerprint density at radius 2 is 1.47 bits per heavy atom. The fourth-order valence-electron chi connectivity index (χ4n) is 3.35. The van der Waals surface area contributed by atoms with E-state index in [0.29, 0.717) is 26.3 Å². The molecular weight excluding hydrogens is 414 g/mol. The van der Waals surface area contributed by atoms with Gasteiger partial charge in [0.25, 0.3) is 5.91 Å². The molecule has 0 aromatic heterocycles. The second-order valence-electron chi connectivity index (χ2n) is 7.54. The fraction of sp³-hybridized carbons (Fsp3) is 0.417. The Bertz CT molecular complexity index is 840. The number of amides is 1. The minimum absolute atomic E-state index is 0.0332. The van der Waals surface area contributed by atoms with E-state index in [1.165, 1.54) is 4.90 Å². The Morgan fingerprint density at radius 1 is 0.906 bits per heavy atom. The predicted octanol–water partition coefficient (Wildman–Crippen LogP) is 0.938. The van der Waals surface area contributed by atoms with Gasteiger partial charge in [-0.2, -0.15) is 0 Å². The van der Waals surface area contributed by atoms with Crippen molar-refractivity contribution in [2.45, 2.75) is 31.5 Å². The van der Waals surface area contributed by atoms with Crippen LogP contribution < -0.4 is 0 Å². The molecule has 2 aromatic rings. The number of Topliss-reactive ketones (excluding diaryl/α,β-unsaturated/α-hetero) is 1. The highest BCUT2D eigenvalue weighted by molar-refractivity contribution is 5.87. The zero-order valence-electron chi connectivity index (χ0n) is 17.8. The lowest BCUT2D eigenvalue weighted by Crippen LogP contribution is -2.54. The standard InChI is InChI=1S/C24H29NO7/c26-20(17-31-15-18-7-3-1-4-8-18)23(32-16-19-9-5-2-6-10-19)21(27)22(28)24(29)25-11-13-30-14-12-25/h1-10,21-23,27-28H,11-17H2/t21-,22-,23-/m1/s1. The number of hydrogen-bond donors (Lipinski definition) is 2. The van der Waals surface area contributed by atoms with E-state index in [4.69, 9.17) is 14.2 Å². The van der Waals surface area contributed by atoms with E-state index < -0.39 is 30.0 Å². The van der Waals surface area contributed by atoms with Crippen LogP contribution in [0, 0.1) is 0 Å². The summed E-state index contributed by atoms with van der Waals surface area (Å²) in [4.78, 5) is 26.8. The zero-order chi connectivity index (χ0) is 22.8. The van der Waals surface area contributed by atoms with Gasteiger partial charge in [-0.3, -0.25) is 9.59 Å². The van der Waals surface area contributed by atoms with Crippen LogP contribution in [0.2, 0.25) is 0 Å². The lowest BCUT2D eigenvalue weighted by atomic mass is 10.0. The van der Waals surface area contributed by atoms with Crippen molar-refractivity contribution in [3.05, 3.63) is 71.8 Å². The Kier molecular flexibility index (Phi) is 9.33. The van der Waals surface area contributed by atoms with Crippen LogP contribution in [-0.2, 0) is 37.0 Å². The van der Waals surface area contributed by atoms with Crippen molar-refractivity contribution in [2.75, 3.05) is 32.9 Å². The molecule has 0 unspecified atom stereocenters. The van der Waals surface area contributed by atoms with Gasteiger partial charge in [-0.05, 0) is 11.1 Å². The highest BCUT2D eigenvalue weighted by atomic mass is 16.5. The van der Waals surface area contributed by atoms with Crippen molar-refractivity contribution < 1.29 is 34.0 Å². The number of carbonyl (C=O) groups excluding carboxylic acids is 2. The summed E-state index contributed by atoms with van der Waals surface area (Å²) in [7, 11) is 0. The van der Waals surface area contributed by atoms with E-state index in [-0.39, 0.29) is 19.8 Å². The average Bonchev–Trinajstić information content (AvgIpc) is 2.85. The van der Waals surface area contributed by atoms with Crippen LogP contribution in [0.25, 0.3) is 0 Å². The third-order valence-electron chi connectivity index (χ3n) is 5.16. The molecule has 1 aliphatic rings. The molecule has 0 bridgehead atoms. The van der Waals surface area contributed by atoms with Crippen LogP contribution in [-0.4, -0.2) is 78.0 Å². The van der Waals surface area contributed by atoms with Crippen LogP contribution in [0.1, 0.15) is 11.1 Å². The van der Waals surface area contributed by atoms with Crippen LogP contribution in [0.15, 0.2) is 60.7 Å². The first-order valence-electron chi connectivity index (χ1n) is 10.6.